The Morgan fingerprint density at radius 3 is 1.96 bits per heavy atom. The van der Waals surface area contributed by atoms with Gasteiger partial charge in [0.1, 0.15) is 0 Å². The molecular formula is C44H25N3S. The van der Waals surface area contributed by atoms with Crippen molar-refractivity contribution in [2.75, 3.05) is 0 Å². The zero-order valence-corrected chi connectivity index (χ0v) is 26.5. The maximum Gasteiger partial charge on any atom is 0.0991 e. The van der Waals surface area contributed by atoms with Crippen molar-refractivity contribution in [3.05, 3.63) is 163 Å². The second-order valence-electron chi connectivity index (χ2n) is 12.0. The number of benzene rings is 7. The summed E-state index contributed by atoms with van der Waals surface area (Å²) in [5.41, 5.74) is 10.9. The lowest BCUT2D eigenvalue weighted by Crippen LogP contribution is -1.96. The molecule has 0 fully saturated rings. The van der Waals surface area contributed by atoms with E-state index in [-0.39, 0.29) is 0 Å². The number of hydrogen-bond acceptors (Lipinski definition) is 3. The summed E-state index contributed by atoms with van der Waals surface area (Å²) in [6.45, 7) is 0. The summed E-state index contributed by atoms with van der Waals surface area (Å²) in [4.78, 5) is 0. The molecule has 222 valence electrons. The summed E-state index contributed by atoms with van der Waals surface area (Å²) < 4.78 is 4.88. The minimum atomic E-state index is 0.634. The Morgan fingerprint density at radius 1 is 0.417 bits per heavy atom. The zero-order chi connectivity index (χ0) is 32.2. The molecule has 0 aliphatic rings. The molecule has 2 heterocycles. The minimum absolute atomic E-state index is 0.634. The van der Waals surface area contributed by atoms with Gasteiger partial charge in [-0.2, -0.15) is 10.5 Å². The molecule has 0 saturated carbocycles. The van der Waals surface area contributed by atoms with Gasteiger partial charge in [0, 0.05) is 36.6 Å². The summed E-state index contributed by atoms with van der Waals surface area (Å²) >= 11 is 1.83. The summed E-state index contributed by atoms with van der Waals surface area (Å²) in [7, 11) is 0. The van der Waals surface area contributed by atoms with Gasteiger partial charge in [0.15, 0.2) is 0 Å². The van der Waals surface area contributed by atoms with Crippen molar-refractivity contribution in [3.8, 4) is 51.2 Å². The molecule has 0 spiro atoms. The predicted octanol–water partition coefficient (Wildman–Crippen LogP) is 11.9. The highest BCUT2D eigenvalue weighted by Crippen LogP contribution is 2.41. The van der Waals surface area contributed by atoms with Crippen LogP contribution < -0.4 is 0 Å². The summed E-state index contributed by atoms with van der Waals surface area (Å²) in [6, 6.07) is 57.5. The van der Waals surface area contributed by atoms with E-state index >= 15 is 0 Å². The van der Waals surface area contributed by atoms with Gasteiger partial charge < -0.3 is 4.57 Å². The first-order valence-corrected chi connectivity index (χ1v) is 16.6. The van der Waals surface area contributed by atoms with Crippen LogP contribution in [0.1, 0.15) is 11.1 Å². The van der Waals surface area contributed by atoms with Gasteiger partial charge in [0.05, 0.1) is 34.3 Å². The van der Waals surface area contributed by atoms with Gasteiger partial charge >= 0.3 is 0 Å². The number of nitriles is 2. The lowest BCUT2D eigenvalue weighted by atomic mass is 9.91. The van der Waals surface area contributed by atoms with Crippen molar-refractivity contribution in [1.29, 1.82) is 10.5 Å². The van der Waals surface area contributed by atoms with Gasteiger partial charge in [-0.1, -0.05) is 78.9 Å². The Bertz CT molecular complexity index is 2820. The Balaban J connectivity index is 1.34. The van der Waals surface area contributed by atoms with Crippen LogP contribution in [-0.2, 0) is 0 Å². The maximum absolute atomic E-state index is 9.72. The van der Waals surface area contributed by atoms with Crippen molar-refractivity contribution in [1.82, 2.24) is 4.57 Å². The fourth-order valence-electron chi connectivity index (χ4n) is 7.03. The average Bonchev–Trinajstić information content (AvgIpc) is 3.69. The molecule has 9 aromatic rings. The van der Waals surface area contributed by atoms with E-state index in [1.165, 1.54) is 20.2 Å². The Labute approximate surface area is 281 Å². The molecule has 9 rings (SSSR count). The average molecular weight is 628 g/mol. The van der Waals surface area contributed by atoms with Gasteiger partial charge in [0.25, 0.3) is 0 Å². The predicted molar refractivity (Wildman–Crippen MR) is 199 cm³/mol. The molecule has 0 unspecified atom stereocenters. The van der Waals surface area contributed by atoms with E-state index in [1.54, 1.807) is 0 Å². The van der Waals surface area contributed by atoms with Crippen LogP contribution in [0.15, 0.2) is 152 Å². The number of thiophene rings is 1. The van der Waals surface area contributed by atoms with Crippen LogP contribution in [0, 0.1) is 22.7 Å². The van der Waals surface area contributed by atoms with Crippen LogP contribution in [-0.4, -0.2) is 4.57 Å². The molecule has 0 N–H and O–H groups in total. The number of hydrogen-bond donors (Lipinski definition) is 0. The fraction of sp³-hybridized carbons (Fsp3) is 0. The lowest BCUT2D eigenvalue weighted by Gasteiger charge is -2.16. The van der Waals surface area contributed by atoms with Gasteiger partial charge in [-0.15, -0.1) is 11.3 Å². The summed E-state index contributed by atoms with van der Waals surface area (Å²) in [5, 5.41) is 24.1. The molecule has 0 aliphatic carbocycles. The third-order valence-electron chi connectivity index (χ3n) is 9.23. The van der Waals surface area contributed by atoms with E-state index in [2.05, 4.69) is 138 Å². The molecule has 0 radical (unpaired) electrons. The second-order valence-corrected chi connectivity index (χ2v) is 13.1. The molecule has 7 aromatic carbocycles. The molecule has 0 amide bonds. The Hall–Kier alpha value is -6.46. The van der Waals surface area contributed by atoms with Crippen LogP contribution in [0.2, 0.25) is 0 Å². The largest absolute Gasteiger partial charge is 0.309 e. The molecule has 3 nitrogen and oxygen atoms in total. The molecule has 48 heavy (non-hydrogen) atoms. The topological polar surface area (TPSA) is 52.5 Å². The lowest BCUT2D eigenvalue weighted by molar-refractivity contribution is 1.18. The third kappa shape index (κ3) is 4.48. The molecule has 0 saturated heterocycles. The zero-order valence-electron chi connectivity index (χ0n) is 25.7. The molecule has 0 bridgehead atoms. The molecule has 0 atom stereocenters. The Morgan fingerprint density at radius 2 is 1.10 bits per heavy atom. The van der Waals surface area contributed by atoms with Crippen LogP contribution in [0.3, 0.4) is 0 Å². The van der Waals surface area contributed by atoms with E-state index in [0.717, 1.165) is 60.9 Å². The summed E-state index contributed by atoms with van der Waals surface area (Å²) in [6.07, 6.45) is 0. The number of nitrogens with zero attached hydrogens (tertiary/aromatic N) is 3. The quantitative estimate of drug-likeness (QED) is 0.195. The number of aromatic nitrogens is 1. The SMILES string of the molecule is N#Cc1cccc(-c2ccccc2-c2cc(-c3ccc4sc5ccccc5c4c3)cc(-n3c4ccccc4c4cc(C#N)ccc43)c2)c1. The molecular weight excluding hydrogens is 603 g/mol. The second kappa shape index (κ2) is 11.1. The monoisotopic (exact) mass is 627 g/mol. The van der Waals surface area contributed by atoms with Crippen LogP contribution in [0.5, 0.6) is 0 Å². The smallest absolute Gasteiger partial charge is 0.0991 e. The highest BCUT2D eigenvalue weighted by molar-refractivity contribution is 7.25. The third-order valence-corrected chi connectivity index (χ3v) is 10.4. The normalized spacial score (nSPS) is 11.3. The van der Waals surface area contributed by atoms with Crippen molar-refractivity contribution >= 4 is 53.3 Å². The van der Waals surface area contributed by atoms with Gasteiger partial charge in [0.2, 0.25) is 0 Å². The number of fused-ring (bicyclic) bond motifs is 6. The van der Waals surface area contributed by atoms with E-state index in [9.17, 15) is 10.5 Å². The Kier molecular flexibility index (Phi) is 6.44. The fourth-order valence-corrected chi connectivity index (χ4v) is 8.12. The van der Waals surface area contributed by atoms with Gasteiger partial charge in [-0.25, -0.2) is 0 Å². The first-order valence-electron chi connectivity index (χ1n) is 15.8. The van der Waals surface area contributed by atoms with Crippen LogP contribution in [0.4, 0.5) is 0 Å². The van der Waals surface area contributed by atoms with Crippen LogP contribution >= 0.6 is 11.3 Å². The highest BCUT2D eigenvalue weighted by atomic mass is 32.1. The van der Waals surface area contributed by atoms with Crippen molar-refractivity contribution in [3.63, 3.8) is 0 Å². The maximum atomic E-state index is 9.72. The van der Waals surface area contributed by atoms with E-state index in [0.29, 0.717) is 11.1 Å². The molecule has 4 heteroatoms. The van der Waals surface area contributed by atoms with E-state index in [1.807, 2.05) is 41.7 Å². The van der Waals surface area contributed by atoms with Gasteiger partial charge in [-0.3, -0.25) is 0 Å². The van der Waals surface area contributed by atoms with Crippen molar-refractivity contribution < 1.29 is 0 Å². The first-order chi connectivity index (χ1) is 23.7. The first kappa shape index (κ1) is 27.8. The van der Waals surface area contributed by atoms with Crippen molar-refractivity contribution in [2.24, 2.45) is 0 Å². The highest BCUT2D eigenvalue weighted by Gasteiger charge is 2.17. The number of para-hydroxylation sites is 1. The molecule has 0 aliphatic heterocycles. The van der Waals surface area contributed by atoms with Crippen LogP contribution in [0.25, 0.3) is 81.0 Å². The molecule has 2 aromatic heterocycles. The van der Waals surface area contributed by atoms with Crippen molar-refractivity contribution in [2.45, 2.75) is 0 Å². The minimum Gasteiger partial charge on any atom is -0.309 e. The van der Waals surface area contributed by atoms with E-state index < -0.39 is 0 Å². The number of rotatable bonds is 4. The van der Waals surface area contributed by atoms with Gasteiger partial charge in [-0.05, 0) is 106 Å². The summed E-state index contributed by atoms with van der Waals surface area (Å²) in [5.74, 6) is 0. The van der Waals surface area contributed by atoms with E-state index in [4.69, 9.17) is 0 Å². The standard InChI is InChI=1S/C44H25N3S/c45-26-28-8-7-9-31(20-28)35-10-1-2-11-36(35)33-22-32(30-17-19-44-40(25-30)38-13-4-6-15-43(38)48-44)23-34(24-33)47-41-14-5-3-12-37(41)39-21-29(27-46)16-18-42(39)47/h1-25H.